The van der Waals surface area contributed by atoms with Crippen LogP contribution in [0.5, 0.6) is 0 Å². The molecule has 5 heteroatoms. The number of halogens is 3. The lowest BCUT2D eigenvalue weighted by molar-refractivity contribution is -0.124. The van der Waals surface area contributed by atoms with Gasteiger partial charge in [-0.25, -0.2) is 0 Å². The van der Waals surface area contributed by atoms with Crippen LogP contribution < -0.4 is 5.32 Å². The van der Waals surface area contributed by atoms with Gasteiger partial charge >= 0.3 is 6.18 Å². The number of hydrogen-bond donors (Lipinski definition) is 1. The summed E-state index contributed by atoms with van der Waals surface area (Å²) in [7, 11) is 0. The lowest BCUT2D eigenvalue weighted by Gasteiger charge is -2.27. The van der Waals surface area contributed by atoms with Crippen LogP contribution in [0.25, 0.3) is 0 Å². The maximum Gasteiger partial charge on any atom is 0.401 e. The minimum atomic E-state index is -4.09. The van der Waals surface area contributed by atoms with Gasteiger partial charge in [0.25, 0.3) is 0 Å². The van der Waals surface area contributed by atoms with Crippen molar-refractivity contribution in [2.24, 2.45) is 5.92 Å². The molecule has 1 atom stereocenters. The highest BCUT2D eigenvalue weighted by atomic mass is 19.4. The quantitative estimate of drug-likeness (QED) is 0.739. The first-order valence-corrected chi connectivity index (χ1v) is 5.91. The molecule has 0 saturated carbocycles. The Morgan fingerprint density at radius 3 is 2.62 bits per heavy atom. The minimum absolute atomic E-state index is 0.419. The van der Waals surface area contributed by atoms with Gasteiger partial charge in [-0.2, -0.15) is 13.2 Å². The van der Waals surface area contributed by atoms with E-state index in [4.69, 9.17) is 0 Å². The van der Waals surface area contributed by atoms with E-state index in [1.807, 2.05) is 0 Å². The fraction of sp³-hybridized carbons (Fsp3) is 1.00. The number of rotatable bonds is 5. The molecular formula is C11H21F3N2. The summed E-state index contributed by atoms with van der Waals surface area (Å²) in [5, 5.41) is 2.45. The molecule has 0 aromatic carbocycles. The van der Waals surface area contributed by atoms with E-state index in [0.29, 0.717) is 18.5 Å². The van der Waals surface area contributed by atoms with Crippen molar-refractivity contribution in [1.82, 2.24) is 10.2 Å². The molecule has 1 aliphatic rings. The maximum atomic E-state index is 11.9. The molecule has 1 heterocycles. The lowest BCUT2D eigenvalue weighted by Crippen LogP contribution is -2.40. The Bertz CT molecular complexity index is 204. The fourth-order valence-corrected chi connectivity index (χ4v) is 2.34. The van der Waals surface area contributed by atoms with Crippen molar-refractivity contribution in [3.05, 3.63) is 0 Å². The van der Waals surface area contributed by atoms with E-state index in [1.54, 1.807) is 0 Å². The highest BCUT2D eigenvalue weighted by Crippen LogP contribution is 2.22. The Hall–Kier alpha value is -0.290. The van der Waals surface area contributed by atoms with Gasteiger partial charge in [-0.3, -0.25) is 4.90 Å². The van der Waals surface area contributed by atoms with Gasteiger partial charge in [0, 0.05) is 19.1 Å². The average Bonchev–Trinajstić information content (AvgIpc) is 2.58. The van der Waals surface area contributed by atoms with Crippen LogP contribution in [0.15, 0.2) is 0 Å². The minimum Gasteiger partial charge on any atom is -0.307 e. The number of alkyl halides is 3. The highest BCUT2D eigenvalue weighted by Gasteiger charge is 2.28. The van der Waals surface area contributed by atoms with Crippen LogP contribution in [0.2, 0.25) is 0 Å². The van der Waals surface area contributed by atoms with E-state index >= 15 is 0 Å². The Labute approximate surface area is 95.2 Å². The molecule has 1 aliphatic heterocycles. The second-order valence-corrected chi connectivity index (χ2v) is 4.78. The topological polar surface area (TPSA) is 15.3 Å². The van der Waals surface area contributed by atoms with E-state index in [2.05, 4.69) is 24.1 Å². The van der Waals surface area contributed by atoms with Gasteiger partial charge in [0.05, 0.1) is 6.54 Å². The first kappa shape index (κ1) is 13.8. The zero-order valence-corrected chi connectivity index (χ0v) is 9.98. The molecule has 0 aliphatic carbocycles. The summed E-state index contributed by atoms with van der Waals surface area (Å²) in [6, 6.07) is 0.549. The first-order valence-electron chi connectivity index (χ1n) is 5.91. The Balaban J connectivity index is 2.17. The van der Waals surface area contributed by atoms with Crippen molar-refractivity contribution < 1.29 is 13.2 Å². The Morgan fingerprint density at radius 2 is 2.06 bits per heavy atom. The normalized spacial score (nSPS) is 23.2. The molecule has 0 aromatic heterocycles. The SMILES string of the molecule is CC(C)C1CCCN1CCNCC(F)(F)F. The van der Waals surface area contributed by atoms with Gasteiger partial charge in [0.15, 0.2) is 0 Å². The summed E-state index contributed by atoms with van der Waals surface area (Å²) >= 11 is 0. The van der Waals surface area contributed by atoms with Gasteiger partial charge in [-0.15, -0.1) is 0 Å². The highest BCUT2D eigenvalue weighted by molar-refractivity contribution is 4.81. The summed E-state index contributed by atoms with van der Waals surface area (Å²) in [5.74, 6) is 0.588. The first-order chi connectivity index (χ1) is 7.40. The fourth-order valence-electron chi connectivity index (χ4n) is 2.34. The Morgan fingerprint density at radius 1 is 1.38 bits per heavy atom. The molecular weight excluding hydrogens is 217 g/mol. The van der Waals surface area contributed by atoms with E-state index in [-0.39, 0.29) is 0 Å². The van der Waals surface area contributed by atoms with Gasteiger partial charge in [0.1, 0.15) is 0 Å². The summed E-state index contributed by atoms with van der Waals surface area (Å²) in [5.41, 5.74) is 0. The zero-order chi connectivity index (χ0) is 12.2. The third-order valence-corrected chi connectivity index (χ3v) is 3.09. The average molecular weight is 238 g/mol. The maximum absolute atomic E-state index is 11.9. The predicted molar refractivity (Wildman–Crippen MR) is 58.4 cm³/mol. The van der Waals surface area contributed by atoms with Crippen LogP contribution in [0.1, 0.15) is 26.7 Å². The van der Waals surface area contributed by atoms with Crippen LogP contribution in [0, 0.1) is 5.92 Å². The monoisotopic (exact) mass is 238 g/mol. The molecule has 0 spiro atoms. The van der Waals surface area contributed by atoms with Gasteiger partial charge in [0.2, 0.25) is 0 Å². The molecule has 2 nitrogen and oxygen atoms in total. The summed E-state index contributed by atoms with van der Waals surface area (Å²) in [6.07, 6.45) is -1.75. The number of nitrogens with zero attached hydrogens (tertiary/aromatic N) is 1. The summed E-state index contributed by atoms with van der Waals surface area (Å²) < 4.78 is 35.7. The molecule has 0 amide bonds. The van der Waals surface area contributed by atoms with E-state index in [1.165, 1.54) is 12.8 Å². The second-order valence-electron chi connectivity index (χ2n) is 4.78. The van der Waals surface area contributed by atoms with Crippen LogP contribution in [0.4, 0.5) is 13.2 Å². The molecule has 16 heavy (non-hydrogen) atoms. The lowest BCUT2D eigenvalue weighted by atomic mass is 10.0. The third-order valence-electron chi connectivity index (χ3n) is 3.09. The van der Waals surface area contributed by atoms with Gasteiger partial charge < -0.3 is 5.32 Å². The van der Waals surface area contributed by atoms with Crippen LogP contribution in [0.3, 0.4) is 0 Å². The van der Waals surface area contributed by atoms with Gasteiger partial charge in [-0.1, -0.05) is 13.8 Å². The molecule has 1 rings (SSSR count). The number of likely N-dealkylation sites (tertiary alicyclic amines) is 1. The smallest absolute Gasteiger partial charge is 0.307 e. The Kier molecular flexibility index (Phi) is 5.05. The predicted octanol–water partition coefficient (Wildman–Crippen LogP) is 2.26. The van der Waals surface area contributed by atoms with Crippen LogP contribution in [-0.2, 0) is 0 Å². The molecule has 0 aromatic rings. The van der Waals surface area contributed by atoms with Crippen molar-refractivity contribution >= 4 is 0 Å². The molecule has 1 N–H and O–H groups in total. The van der Waals surface area contributed by atoms with E-state index in [9.17, 15) is 13.2 Å². The van der Waals surface area contributed by atoms with Crippen molar-refractivity contribution in [2.45, 2.75) is 38.9 Å². The molecule has 96 valence electrons. The van der Waals surface area contributed by atoms with Crippen molar-refractivity contribution in [3.8, 4) is 0 Å². The zero-order valence-electron chi connectivity index (χ0n) is 9.98. The standard InChI is InChI=1S/C11H21F3N2/c1-9(2)10-4-3-6-16(10)7-5-15-8-11(12,13)14/h9-10,15H,3-8H2,1-2H3. The molecule has 0 radical (unpaired) electrons. The third kappa shape index (κ3) is 4.70. The molecule has 1 saturated heterocycles. The number of hydrogen-bond acceptors (Lipinski definition) is 2. The summed E-state index contributed by atoms with van der Waals surface area (Å²) in [6.45, 7) is 5.63. The molecule has 1 fully saturated rings. The second kappa shape index (κ2) is 5.87. The van der Waals surface area contributed by atoms with Crippen LogP contribution in [-0.4, -0.2) is 43.3 Å². The van der Waals surface area contributed by atoms with Crippen molar-refractivity contribution in [2.75, 3.05) is 26.2 Å². The van der Waals surface area contributed by atoms with E-state index < -0.39 is 12.7 Å². The largest absolute Gasteiger partial charge is 0.401 e. The van der Waals surface area contributed by atoms with Gasteiger partial charge in [-0.05, 0) is 25.3 Å². The van der Waals surface area contributed by atoms with Crippen LogP contribution >= 0.6 is 0 Å². The van der Waals surface area contributed by atoms with Crippen molar-refractivity contribution in [3.63, 3.8) is 0 Å². The number of nitrogens with one attached hydrogen (secondary N) is 1. The summed E-state index contributed by atoms with van der Waals surface area (Å²) in [4.78, 5) is 2.30. The van der Waals surface area contributed by atoms with Crippen molar-refractivity contribution in [1.29, 1.82) is 0 Å². The van der Waals surface area contributed by atoms with E-state index in [0.717, 1.165) is 13.1 Å². The molecule has 0 bridgehead atoms. The molecule has 1 unspecified atom stereocenters.